The molecule has 9 heteroatoms. The minimum absolute atomic E-state index is 0.0579. The van der Waals surface area contributed by atoms with Crippen molar-refractivity contribution >= 4 is 38.1 Å². The van der Waals surface area contributed by atoms with Crippen LogP contribution in [-0.4, -0.2) is 36.6 Å². The predicted molar refractivity (Wildman–Crippen MR) is 129 cm³/mol. The normalized spacial score (nSPS) is 16.6. The first-order valence-electron chi connectivity index (χ1n) is 11.4. The molecule has 5 rings (SSSR count). The second kappa shape index (κ2) is 8.48. The molecule has 34 heavy (non-hydrogen) atoms. The van der Waals surface area contributed by atoms with Crippen LogP contribution in [0.2, 0.25) is 0 Å². The molecule has 1 heterocycles. The standard InChI is InChI=1S/C25H25N3O5S/c1-16-5-9-20(28(30)31)15-23(16)34(32,33)27-13-11-19(12-14-27)25(29)26-22-10-8-18-7-6-17-3-2-4-21(22)24(17)18/h2-5,8-10,15,19H,6-7,11-14H2,1H3,(H,26,29). The zero-order chi connectivity index (χ0) is 24.0. The van der Waals surface area contributed by atoms with E-state index in [1.807, 2.05) is 18.2 Å². The summed E-state index contributed by atoms with van der Waals surface area (Å²) < 4.78 is 27.7. The summed E-state index contributed by atoms with van der Waals surface area (Å²) >= 11 is 0. The van der Waals surface area contributed by atoms with Crippen LogP contribution in [0.25, 0.3) is 10.8 Å². The van der Waals surface area contributed by atoms with Gasteiger partial charge < -0.3 is 5.32 Å². The quantitative estimate of drug-likeness (QED) is 0.436. The van der Waals surface area contributed by atoms with Gasteiger partial charge in [0.05, 0.1) is 9.82 Å². The highest BCUT2D eigenvalue weighted by Crippen LogP contribution is 2.36. The van der Waals surface area contributed by atoms with Crippen LogP contribution in [0.3, 0.4) is 0 Å². The third-order valence-electron chi connectivity index (χ3n) is 6.96. The molecule has 0 bridgehead atoms. The van der Waals surface area contributed by atoms with Crippen molar-refractivity contribution in [2.75, 3.05) is 18.4 Å². The highest BCUT2D eigenvalue weighted by Gasteiger charge is 2.34. The Balaban J connectivity index is 1.30. The average Bonchev–Trinajstić information content (AvgIpc) is 3.25. The summed E-state index contributed by atoms with van der Waals surface area (Å²) in [6, 6.07) is 14.1. The molecule has 0 spiro atoms. The number of nitro groups is 1. The summed E-state index contributed by atoms with van der Waals surface area (Å²) in [5, 5.41) is 16.5. The number of hydrogen-bond acceptors (Lipinski definition) is 5. The van der Waals surface area contributed by atoms with Gasteiger partial charge in [-0.15, -0.1) is 0 Å². The number of anilines is 1. The molecule has 1 N–H and O–H groups in total. The molecule has 8 nitrogen and oxygen atoms in total. The van der Waals surface area contributed by atoms with E-state index in [1.54, 1.807) is 6.92 Å². The lowest BCUT2D eigenvalue weighted by Crippen LogP contribution is -2.41. The zero-order valence-corrected chi connectivity index (χ0v) is 19.6. The Hall–Kier alpha value is -3.30. The van der Waals surface area contributed by atoms with Gasteiger partial charge in [-0.25, -0.2) is 8.42 Å². The van der Waals surface area contributed by atoms with E-state index >= 15 is 0 Å². The van der Waals surface area contributed by atoms with E-state index in [2.05, 4.69) is 17.4 Å². The molecule has 0 atom stereocenters. The van der Waals surface area contributed by atoms with Gasteiger partial charge in [0, 0.05) is 42.2 Å². The first kappa shape index (κ1) is 22.5. The van der Waals surface area contributed by atoms with Crippen LogP contribution in [0.15, 0.2) is 53.4 Å². The Morgan fingerprint density at radius 2 is 1.76 bits per heavy atom. The molecule has 176 valence electrons. The van der Waals surface area contributed by atoms with Crippen LogP contribution in [0, 0.1) is 23.0 Å². The third kappa shape index (κ3) is 3.84. The monoisotopic (exact) mass is 479 g/mol. The SMILES string of the molecule is Cc1ccc([N+](=O)[O-])cc1S(=O)(=O)N1CCC(C(=O)Nc2ccc3c4c(cccc24)CC3)CC1. The molecular formula is C25H25N3O5S. The molecule has 3 aromatic rings. The maximum absolute atomic E-state index is 13.2. The maximum atomic E-state index is 13.2. The molecule has 0 unspecified atom stereocenters. The third-order valence-corrected chi connectivity index (χ3v) is 9.00. The minimum atomic E-state index is -3.89. The van der Waals surface area contributed by atoms with E-state index in [4.69, 9.17) is 0 Å². The molecule has 0 saturated carbocycles. The predicted octanol–water partition coefficient (Wildman–Crippen LogP) is 4.19. The van der Waals surface area contributed by atoms with E-state index in [-0.39, 0.29) is 35.5 Å². The van der Waals surface area contributed by atoms with Crippen LogP contribution in [0.1, 0.15) is 29.5 Å². The summed E-state index contributed by atoms with van der Waals surface area (Å²) in [7, 11) is -3.89. The summed E-state index contributed by atoms with van der Waals surface area (Å²) in [5.41, 5.74) is 3.59. The van der Waals surface area contributed by atoms with E-state index in [1.165, 1.54) is 33.0 Å². The van der Waals surface area contributed by atoms with Crippen molar-refractivity contribution in [3.8, 4) is 0 Å². The van der Waals surface area contributed by atoms with Crippen LogP contribution in [0.4, 0.5) is 11.4 Å². The van der Waals surface area contributed by atoms with Crippen molar-refractivity contribution in [3.63, 3.8) is 0 Å². The van der Waals surface area contributed by atoms with Crippen molar-refractivity contribution in [1.82, 2.24) is 4.31 Å². The number of carbonyl (C=O) groups excluding carboxylic acids is 1. The van der Waals surface area contributed by atoms with Crippen LogP contribution >= 0.6 is 0 Å². The molecule has 1 saturated heterocycles. The number of carbonyl (C=O) groups is 1. The number of nitrogens with one attached hydrogen (secondary N) is 1. The lowest BCUT2D eigenvalue weighted by molar-refractivity contribution is -0.385. The maximum Gasteiger partial charge on any atom is 0.270 e. The molecule has 1 aliphatic carbocycles. The van der Waals surface area contributed by atoms with Crippen molar-refractivity contribution in [2.45, 2.75) is 37.5 Å². The molecule has 2 aliphatic rings. The van der Waals surface area contributed by atoms with Gasteiger partial charge >= 0.3 is 0 Å². The Labute approximate surface area is 197 Å². The smallest absolute Gasteiger partial charge is 0.270 e. The molecule has 0 aromatic heterocycles. The Kier molecular flexibility index (Phi) is 5.61. The molecule has 1 aliphatic heterocycles. The number of rotatable bonds is 5. The van der Waals surface area contributed by atoms with E-state index in [0.717, 1.165) is 30.0 Å². The molecular weight excluding hydrogens is 454 g/mol. The first-order valence-corrected chi connectivity index (χ1v) is 12.8. The number of hydrogen-bond donors (Lipinski definition) is 1. The highest BCUT2D eigenvalue weighted by atomic mass is 32.2. The Morgan fingerprint density at radius 1 is 1.06 bits per heavy atom. The first-order chi connectivity index (χ1) is 16.3. The second-order valence-electron chi connectivity index (χ2n) is 8.99. The minimum Gasteiger partial charge on any atom is -0.325 e. The van der Waals surface area contributed by atoms with Gasteiger partial charge in [-0.1, -0.05) is 30.3 Å². The van der Waals surface area contributed by atoms with Gasteiger partial charge in [0.15, 0.2) is 0 Å². The number of non-ortho nitro benzene ring substituents is 1. The number of amides is 1. The van der Waals surface area contributed by atoms with E-state index in [0.29, 0.717) is 18.4 Å². The van der Waals surface area contributed by atoms with Gasteiger partial charge in [0.25, 0.3) is 5.69 Å². The average molecular weight is 480 g/mol. The summed E-state index contributed by atoms with van der Waals surface area (Å²) in [6.45, 7) is 1.99. The largest absolute Gasteiger partial charge is 0.325 e. The van der Waals surface area contributed by atoms with Gasteiger partial charge in [-0.05, 0) is 60.7 Å². The van der Waals surface area contributed by atoms with Gasteiger partial charge in [0.1, 0.15) is 0 Å². The Bertz CT molecular complexity index is 1420. The summed E-state index contributed by atoms with van der Waals surface area (Å²) in [5.74, 6) is -0.414. The number of piperidine rings is 1. The van der Waals surface area contributed by atoms with Gasteiger partial charge in [-0.2, -0.15) is 4.31 Å². The van der Waals surface area contributed by atoms with Crippen LogP contribution in [-0.2, 0) is 27.7 Å². The second-order valence-corrected chi connectivity index (χ2v) is 10.9. The topological polar surface area (TPSA) is 110 Å². The van der Waals surface area contributed by atoms with Gasteiger partial charge in [-0.3, -0.25) is 14.9 Å². The van der Waals surface area contributed by atoms with Crippen LogP contribution in [0.5, 0.6) is 0 Å². The van der Waals surface area contributed by atoms with E-state index < -0.39 is 14.9 Å². The number of aryl methyl sites for hydroxylation is 3. The van der Waals surface area contributed by atoms with Crippen molar-refractivity contribution < 1.29 is 18.1 Å². The lowest BCUT2D eigenvalue weighted by atomic mass is 9.96. The number of sulfonamides is 1. The molecule has 0 radical (unpaired) electrons. The summed E-state index contributed by atoms with van der Waals surface area (Å²) in [4.78, 5) is 23.5. The highest BCUT2D eigenvalue weighted by molar-refractivity contribution is 7.89. The number of nitrogens with zero attached hydrogens (tertiary/aromatic N) is 2. The molecule has 1 amide bonds. The summed E-state index contributed by atoms with van der Waals surface area (Å²) in [6.07, 6.45) is 2.81. The molecule has 3 aromatic carbocycles. The van der Waals surface area contributed by atoms with E-state index in [9.17, 15) is 23.3 Å². The fourth-order valence-electron chi connectivity index (χ4n) is 5.07. The van der Waals surface area contributed by atoms with Crippen LogP contribution < -0.4 is 5.32 Å². The zero-order valence-electron chi connectivity index (χ0n) is 18.8. The number of benzene rings is 3. The lowest BCUT2D eigenvalue weighted by Gasteiger charge is -2.31. The Morgan fingerprint density at radius 3 is 2.47 bits per heavy atom. The number of nitro benzene ring substituents is 1. The fraction of sp³-hybridized carbons (Fsp3) is 0.320. The fourth-order valence-corrected chi connectivity index (χ4v) is 6.78. The molecule has 1 fully saturated rings. The van der Waals surface area contributed by atoms with Crippen molar-refractivity contribution in [1.29, 1.82) is 0 Å². The van der Waals surface area contributed by atoms with Gasteiger partial charge in [0.2, 0.25) is 15.9 Å². The van der Waals surface area contributed by atoms with Crippen molar-refractivity contribution in [2.24, 2.45) is 5.92 Å². The van der Waals surface area contributed by atoms with Crippen molar-refractivity contribution in [3.05, 3.63) is 75.3 Å².